The summed E-state index contributed by atoms with van der Waals surface area (Å²) in [6, 6.07) is 19.0. The van der Waals surface area contributed by atoms with Gasteiger partial charge in [0, 0.05) is 53.5 Å². The molecule has 3 aromatic carbocycles. The lowest BCUT2D eigenvalue weighted by molar-refractivity contribution is -0.124. The van der Waals surface area contributed by atoms with E-state index in [1.807, 2.05) is 59.5 Å². The number of halogens is 1. The highest BCUT2D eigenvalue weighted by atomic mass is 19.1. The number of hydrogen-bond donors (Lipinski definition) is 3. The molecule has 1 aliphatic rings. The molecule has 7 nitrogen and oxygen atoms in total. The first kappa shape index (κ1) is 21.2. The smallest absolute Gasteiger partial charge is 0.234 e. The lowest BCUT2D eigenvalue weighted by Crippen LogP contribution is -2.47. The maximum Gasteiger partial charge on any atom is 0.234 e. The predicted octanol–water partition coefficient (Wildman–Crippen LogP) is 4.59. The van der Waals surface area contributed by atoms with Crippen LogP contribution in [-0.4, -0.2) is 45.6 Å². The van der Waals surface area contributed by atoms with Crippen LogP contribution in [0.4, 0.5) is 15.8 Å². The Kier molecular flexibility index (Phi) is 5.35. The molecule has 0 unspecified atom stereocenters. The minimum Gasteiger partial charge on any atom is -0.355 e. The largest absolute Gasteiger partial charge is 0.355 e. The van der Waals surface area contributed by atoms with Crippen LogP contribution in [0.25, 0.3) is 32.9 Å². The highest BCUT2D eigenvalue weighted by Gasteiger charge is 2.17. The fraction of sp³-hybridized carbons (Fsp3) is 0.148. The van der Waals surface area contributed by atoms with Gasteiger partial charge in [-0.1, -0.05) is 18.2 Å². The zero-order valence-electron chi connectivity index (χ0n) is 18.9. The van der Waals surface area contributed by atoms with Crippen molar-refractivity contribution in [3.8, 4) is 11.1 Å². The number of aromatic amines is 1. The maximum atomic E-state index is 15.2. The van der Waals surface area contributed by atoms with Gasteiger partial charge in [-0.2, -0.15) is 5.10 Å². The molecule has 0 atom stereocenters. The van der Waals surface area contributed by atoms with Crippen molar-refractivity contribution in [2.24, 2.45) is 0 Å². The van der Waals surface area contributed by atoms with Crippen LogP contribution in [0.15, 0.2) is 73.1 Å². The van der Waals surface area contributed by atoms with Crippen molar-refractivity contribution in [1.29, 1.82) is 0 Å². The van der Waals surface area contributed by atoms with Gasteiger partial charge < -0.3 is 10.6 Å². The Labute approximate surface area is 201 Å². The number of amides is 1. The first-order chi connectivity index (χ1) is 17.1. The molecule has 0 radical (unpaired) electrons. The molecule has 1 saturated heterocycles. The molecule has 8 heteroatoms. The van der Waals surface area contributed by atoms with Gasteiger partial charge in [0.05, 0.1) is 23.8 Å². The SMILES string of the molecule is O=C1CN(Cc2ccc(-c3ccc4nccc(Nc5ccc6[nH]ncc6c5)c4c3)c(F)c2)CCN1. The van der Waals surface area contributed by atoms with Crippen molar-refractivity contribution in [1.82, 2.24) is 25.4 Å². The van der Waals surface area contributed by atoms with Crippen molar-refractivity contribution >= 4 is 39.1 Å². The molecule has 6 rings (SSSR count). The second-order valence-corrected chi connectivity index (χ2v) is 8.76. The maximum absolute atomic E-state index is 15.2. The summed E-state index contributed by atoms with van der Waals surface area (Å²) in [5.74, 6) is -0.278. The van der Waals surface area contributed by atoms with E-state index in [-0.39, 0.29) is 11.7 Å². The summed E-state index contributed by atoms with van der Waals surface area (Å²) < 4.78 is 15.2. The van der Waals surface area contributed by atoms with E-state index >= 15 is 4.39 Å². The summed E-state index contributed by atoms with van der Waals surface area (Å²) in [5, 5.41) is 15.2. The first-order valence-electron chi connectivity index (χ1n) is 11.5. The standard InChI is InChI=1S/C27H23FN6O/c28-23-11-17(15-34-10-9-30-27(35)16-34)1-4-21(23)18-2-5-25-22(13-18)26(7-8-29-25)32-20-3-6-24-19(12-20)14-31-33-24/h1-8,11-14H,9-10,15-16H2,(H,29,32)(H,30,35)(H,31,33). The molecule has 174 valence electrons. The Bertz CT molecular complexity index is 1560. The zero-order valence-corrected chi connectivity index (χ0v) is 18.9. The van der Waals surface area contributed by atoms with Crippen molar-refractivity contribution in [2.45, 2.75) is 6.54 Å². The third-order valence-corrected chi connectivity index (χ3v) is 6.33. The number of pyridine rings is 1. The van der Waals surface area contributed by atoms with Gasteiger partial charge in [0.1, 0.15) is 5.82 Å². The zero-order chi connectivity index (χ0) is 23.8. The number of nitrogens with one attached hydrogen (secondary N) is 3. The van der Waals surface area contributed by atoms with E-state index in [9.17, 15) is 4.79 Å². The molecule has 35 heavy (non-hydrogen) atoms. The number of carbonyl (C=O) groups excluding carboxylic acids is 1. The number of rotatable bonds is 5. The van der Waals surface area contributed by atoms with Crippen molar-refractivity contribution in [3.63, 3.8) is 0 Å². The average molecular weight is 467 g/mol. The number of aromatic nitrogens is 3. The molecule has 3 N–H and O–H groups in total. The van der Waals surface area contributed by atoms with Crippen molar-refractivity contribution in [2.75, 3.05) is 25.0 Å². The number of benzene rings is 3. The van der Waals surface area contributed by atoms with E-state index in [2.05, 4.69) is 25.8 Å². The fourth-order valence-corrected chi connectivity index (χ4v) is 4.57. The van der Waals surface area contributed by atoms with Gasteiger partial charge in [-0.25, -0.2) is 4.39 Å². The lowest BCUT2D eigenvalue weighted by Gasteiger charge is -2.26. The van der Waals surface area contributed by atoms with Gasteiger partial charge in [-0.3, -0.25) is 19.8 Å². The summed E-state index contributed by atoms with van der Waals surface area (Å²) in [6.07, 6.45) is 3.55. The third kappa shape index (κ3) is 4.31. The number of anilines is 2. The normalized spacial score (nSPS) is 14.4. The Morgan fingerprint density at radius 3 is 2.89 bits per heavy atom. The molecular weight excluding hydrogens is 443 g/mol. The van der Waals surface area contributed by atoms with Crippen molar-refractivity contribution in [3.05, 3.63) is 84.4 Å². The van der Waals surface area contributed by atoms with Crippen LogP contribution in [0.5, 0.6) is 0 Å². The Balaban J connectivity index is 1.30. The van der Waals surface area contributed by atoms with Gasteiger partial charge in [-0.05, 0) is 53.6 Å². The summed E-state index contributed by atoms with van der Waals surface area (Å²) in [7, 11) is 0. The van der Waals surface area contributed by atoms with E-state index < -0.39 is 0 Å². The summed E-state index contributed by atoms with van der Waals surface area (Å²) in [5.41, 5.74) is 5.77. The molecule has 5 aromatic rings. The second kappa shape index (κ2) is 8.81. The monoisotopic (exact) mass is 466 g/mol. The Hall–Kier alpha value is -4.30. The van der Waals surface area contributed by atoms with Gasteiger partial charge >= 0.3 is 0 Å². The molecule has 0 bridgehead atoms. The molecule has 0 spiro atoms. The van der Waals surface area contributed by atoms with Crippen LogP contribution < -0.4 is 10.6 Å². The van der Waals surface area contributed by atoms with Gasteiger partial charge in [0.2, 0.25) is 5.91 Å². The quantitative estimate of drug-likeness (QED) is 0.353. The third-order valence-electron chi connectivity index (χ3n) is 6.33. The second-order valence-electron chi connectivity index (χ2n) is 8.76. The summed E-state index contributed by atoms with van der Waals surface area (Å²) in [4.78, 5) is 18.1. The molecule has 1 fully saturated rings. The molecule has 2 aromatic heterocycles. The van der Waals surface area contributed by atoms with Crippen LogP contribution in [-0.2, 0) is 11.3 Å². The average Bonchev–Trinajstić information content (AvgIpc) is 3.32. The van der Waals surface area contributed by atoms with E-state index in [1.54, 1.807) is 18.5 Å². The number of piperazine rings is 1. The Morgan fingerprint density at radius 2 is 2.00 bits per heavy atom. The number of hydrogen-bond acceptors (Lipinski definition) is 5. The molecule has 0 saturated carbocycles. The molecule has 3 heterocycles. The number of nitrogens with zero attached hydrogens (tertiary/aromatic N) is 3. The van der Waals surface area contributed by atoms with Crippen LogP contribution >= 0.6 is 0 Å². The van der Waals surface area contributed by atoms with E-state index in [1.165, 1.54) is 0 Å². The highest BCUT2D eigenvalue weighted by Crippen LogP contribution is 2.32. The van der Waals surface area contributed by atoms with Crippen LogP contribution in [0, 0.1) is 5.82 Å². The van der Waals surface area contributed by atoms with Crippen LogP contribution in [0.2, 0.25) is 0 Å². The minimum atomic E-state index is -0.285. The summed E-state index contributed by atoms with van der Waals surface area (Å²) >= 11 is 0. The summed E-state index contributed by atoms with van der Waals surface area (Å²) in [6.45, 7) is 2.26. The van der Waals surface area contributed by atoms with Gasteiger partial charge in [0.25, 0.3) is 0 Å². The number of fused-ring (bicyclic) bond motifs is 2. The minimum absolute atomic E-state index is 0.00668. The lowest BCUT2D eigenvalue weighted by atomic mass is 10.00. The molecule has 1 aliphatic heterocycles. The number of carbonyl (C=O) groups is 1. The van der Waals surface area contributed by atoms with Gasteiger partial charge in [0.15, 0.2) is 0 Å². The molecular formula is C27H23FN6O. The molecule has 0 aliphatic carbocycles. The van der Waals surface area contributed by atoms with E-state index in [4.69, 9.17) is 0 Å². The van der Waals surface area contributed by atoms with Crippen LogP contribution in [0.3, 0.4) is 0 Å². The topological polar surface area (TPSA) is 85.9 Å². The van der Waals surface area contributed by atoms with E-state index in [0.29, 0.717) is 25.2 Å². The number of H-pyrrole nitrogens is 1. The van der Waals surface area contributed by atoms with Crippen molar-refractivity contribution < 1.29 is 9.18 Å². The predicted molar refractivity (Wildman–Crippen MR) is 135 cm³/mol. The highest BCUT2D eigenvalue weighted by molar-refractivity contribution is 5.96. The van der Waals surface area contributed by atoms with Crippen LogP contribution in [0.1, 0.15) is 5.56 Å². The Morgan fingerprint density at radius 1 is 1.06 bits per heavy atom. The van der Waals surface area contributed by atoms with E-state index in [0.717, 1.165) is 50.9 Å². The van der Waals surface area contributed by atoms with Gasteiger partial charge in [-0.15, -0.1) is 0 Å². The first-order valence-corrected chi connectivity index (χ1v) is 11.5. The fourth-order valence-electron chi connectivity index (χ4n) is 4.57. The molecule has 1 amide bonds.